The normalized spacial score (nSPS) is 10.9. The summed E-state index contributed by atoms with van der Waals surface area (Å²) < 4.78 is 1.72. The third-order valence-electron chi connectivity index (χ3n) is 4.28. The maximum absolute atomic E-state index is 12.7. The molecule has 4 aromatic rings. The van der Waals surface area contributed by atoms with E-state index in [0.717, 1.165) is 5.69 Å². The van der Waals surface area contributed by atoms with Crippen LogP contribution >= 0.6 is 0 Å². The molecule has 0 fully saturated rings. The Hall–Kier alpha value is -3.74. The van der Waals surface area contributed by atoms with Crippen molar-refractivity contribution < 1.29 is 4.79 Å². The second-order valence-electron chi connectivity index (χ2n) is 6.19. The van der Waals surface area contributed by atoms with Crippen molar-refractivity contribution in [3.8, 4) is 5.69 Å². The number of aromatic amines is 1. The summed E-state index contributed by atoms with van der Waals surface area (Å²) in [5.41, 5.74) is 1.83. The molecule has 27 heavy (non-hydrogen) atoms. The highest BCUT2D eigenvalue weighted by Gasteiger charge is 2.14. The minimum Gasteiger partial charge on any atom is -0.334 e. The molecule has 0 unspecified atom stereocenters. The van der Waals surface area contributed by atoms with Gasteiger partial charge < -0.3 is 9.88 Å². The van der Waals surface area contributed by atoms with Crippen LogP contribution in [0, 0.1) is 0 Å². The summed E-state index contributed by atoms with van der Waals surface area (Å²) >= 11 is 0. The number of hydrogen-bond donors (Lipinski definition) is 1. The van der Waals surface area contributed by atoms with Crippen LogP contribution in [0.15, 0.2) is 71.8 Å². The fourth-order valence-corrected chi connectivity index (χ4v) is 2.90. The molecule has 4 rings (SSSR count). The van der Waals surface area contributed by atoms with E-state index in [0.29, 0.717) is 22.3 Å². The number of para-hydroxylation sites is 1. The number of H-pyrrole nitrogens is 1. The van der Waals surface area contributed by atoms with Crippen molar-refractivity contribution in [3.05, 3.63) is 88.7 Å². The molecule has 7 nitrogen and oxygen atoms in total. The van der Waals surface area contributed by atoms with E-state index in [1.165, 1.54) is 4.90 Å². The first-order chi connectivity index (χ1) is 13.1. The number of rotatable bonds is 4. The van der Waals surface area contributed by atoms with Crippen LogP contribution in [0.1, 0.15) is 16.2 Å². The second-order valence-corrected chi connectivity index (χ2v) is 6.19. The van der Waals surface area contributed by atoms with Crippen LogP contribution in [0.3, 0.4) is 0 Å². The number of aromatic nitrogens is 4. The molecule has 2 aromatic carbocycles. The van der Waals surface area contributed by atoms with E-state index in [-0.39, 0.29) is 18.0 Å². The molecule has 0 spiro atoms. The zero-order chi connectivity index (χ0) is 18.8. The summed E-state index contributed by atoms with van der Waals surface area (Å²) in [5.74, 6) is 0.292. The molecule has 7 heteroatoms. The van der Waals surface area contributed by atoms with Gasteiger partial charge in [0.05, 0.1) is 23.1 Å². The summed E-state index contributed by atoms with van der Waals surface area (Å²) in [6.45, 7) is 0.208. The van der Waals surface area contributed by atoms with Gasteiger partial charge in [0.15, 0.2) is 0 Å². The summed E-state index contributed by atoms with van der Waals surface area (Å²) in [6.07, 6.45) is 3.54. The number of carbonyl (C=O) groups excluding carboxylic acids is 1. The topological polar surface area (TPSA) is 83.9 Å². The zero-order valence-electron chi connectivity index (χ0n) is 14.7. The molecule has 0 aliphatic rings. The van der Waals surface area contributed by atoms with E-state index in [1.807, 2.05) is 30.5 Å². The van der Waals surface area contributed by atoms with Crippen molar-refractivity contribution in [2.45, 2.75) is 6.54 Å². The minimum absolute atomic E-state index is 0.155. The van der Waals surface area contributed by atoms with Gasteiger partial charge in [-0.15, -0.1) is 0 Å². The molecule has 0 saturated carbocycles. The molecule has 1 N–H and O–H groups in total. The third kappa shape index (κ3) is 3.35. The molecule has 0 atom stereocenters. The Balaban J connectivity index is 1.53. The quantitative estimate of drug-likeness (QED) is 0.606. The van der Waals surface area contributed by atoms with Gasteiger partial charge in [-0.3, -0.25) is 9.59 Å². The fourth-order valence-electron chi connectivity index (χ4n) is 2.90. The van der Waals surface area contributed by atoms with Gasteiger partial charge in [0.2, 0.25) is 0 Å². The van der Waals surface area contributed by atoms with Crippen LogP contribution in [-0.4, -0.2) is 37.6 Å². The van der Waals surface area contributed by atoms with Gasteiger partial charge in [0.1, 0.15) is 5.82 Å². The fraction of sp³-hybridized carbons (Fsp3) is 0.100. The Morgan fingerprint density at radius 1 is 1.11 bits per heavy atom. The Morgan fingerprint density at radius 2 is 1.89 bits per heavy atom. The number of nitrogens with one attached hydrogen (secondary N) is 1. The van der Waals surface area contributed by atoms with Crippen LogP contribution < -0.4 is 5.56 Å². The van der Waals surface area contributed by atoms with E-state index in [1.54, 1.807) is 48.3 Å². The zero-order valence-corrected chi connectivity index (χ0v) is 14.7. The molecule has 0 saturated heterocycles. The minimum atomic E-state index is -0.208. The Kier molecular flexibility index (Phi) is 4.25. The number of fused-ring (bicyclic) bond motifs is 1. The second kappa shape index (κ2) is 6.87. The molecule has 0 aliphatic carbocycles. The van der Waals surface area contributed by atoms with Gasteiger partial charge in [0, 0.05) is 25.0 Å². The monoisotopic (exact) mass is 359 g/mol. The lowest BCUT2D eigenvalue weighted by Crippen LogP contribution is -2.28. The van der Waals surface area contributed by atoms with E-state index in [2.05, 4.69) is 15.1 Å². The summed E-state index contributed by atoms with van der Waals surface area (Å²) in [4.78, 5) is 33.5. The maximum Gasteiger partial charge on any atom is 0.258 e. The summed E-state index contributed by atoms with van der Waals surface area (Å²) in [7, 11) is 1.68. The Morgan fingerprint density at radius 3 is 2.63 bits per heavy atom. The molecule has 0 aliphatic heterocycles. The van der Waals surface area contributed by atoms with Crippen LogP contribution in [0.2, 0.25) is 0 Å². The predicted molar refractivity (Wildman–Crippen MR) is 102 cm³/mol. The van der Waals surface area contributed by atoms with Gasteiger partial charge in [0.25, 0.3) is 11.5 Å². The largest absolute Gasteiger partial charge is 0.334 e. The van der Waals surface area contributed by atoms with Crippen molar-refractivity contribution in [2.75, 3.05) is 7.05 Å². The third-order valence-corrected chi connectivity index (χ3v) is 4.28. The molecule has 0 radical (unpaired) electrons. The number of benzene rings is 2. The molecule has 1 amide bonds. The van der Waals surface area contributed by atoms with Crippen molar-refractivity contribution in [2.24, 2.45) is 0 Å². The van der Waals surface area contributed by atoms with Gasteiger partial charge in [-0.05, 0) is 42.5 Å². The lowest BCUT2D eigenvalue weighted by Gasteiger charge is -2.17. The van der Waals surface area contributed by atoms with Crippen LogP contribution in [-0.2, 0) is 6.54 Å². The number of amides is 1. The maximum atomic E-state index is 12.7. The van der Waals surface area contributed by atoms with E-state index >= 15 is 0 Å². The molecular weight excluding hydrogens is 342 g/mol. The predicted octanol–water partition coefficient (Wildman–Crippen LogP) is 2.38. The van der Waals surface area contributed by atoms with E-state index in [4.69, 9.17) is 0 Å². The summed E-state index contributed by atoms with van der Waals surface area (Å²) in [5, 5.41) is 4.70. The molecule has 2 aromatic heterocycles. The SMILES string of the molecule is CN(Cc1nc2ccccc2c(=O)[nH]1)C(=O)c1ccc(-n2cccn2)cc1. The van der Waals surface area contributed by atoms with Crippen molar-refractivity contribution >= 4 is 16.8 Å². The Bertz CT molecular complexity index is 1150. The molecule has 0 bridgehead atoms. The first kappa shape index (κ1) is 16.7. The standard InChI is InChI=1S/C20H17N5O2/c1-24(13-18-22-17-6-3-2-5-16(17)19(26)23-18)20(27)14-7-9-15(10-8-14)25-12-4-11-21-25/h2-12H,13H2,1H3,(H,22,23,26). The number of carbonyl (C=O) groups is 1. The summed E-state index contributed by atoms with van der Waals surface area (Å²) in [6, 6.07) is 16.2. The van der Waals surface area contributed by atoms with Gasteiger partial charge in [-0.1, -0.05) is 12.1 Å². The van der Waals surface area contributed by atoms with Crippen molar-refractivity contribution in [3.63, 3.8) is 0 Å². The van der Waals surface area contributed by atoms with Crippen molar-refractivity contribution in [1.29, 1.82) is 0 Å². The average Bonchev–Trinajstić information content (AvgIpc) is 3.22. The smallest absolute Gasteiger partial charge is 0.258 e. The number of nitrogens with zero attached hydrogens (tertiary/aromatic N) is 4. The first-order valence-electron chi connectivity index (χ1n) is 8.45. The lowest BCUT2D eigenvalue weighted by molar-refractivity contribution is 0.0781. The molecular formula is C20H17N5O2. The van der Waals surface area contributed by atoms with E-state index in [9.17, 15) is 9.59 Å². The van der Waals surface area contributed by atoms with Gasteiger partial charge >= 0.3 is 0 Å². The van der Waals surface area contributed by atoms with Crippen molar-refractivity contribution in [1.82, 2.24) is 24.6 Å². The van der Waals surface area contributed by atoms with Gasteiger partial charge in [-0.25, -0.2) is 9.67 Å². The first-order valence-corrected chi connectivity index (χ1v) is 8.45. The van der Waals surface area contributed by atoms with Crippen LogP contribution in [0.25, 0.3) is 16.6 Å². The Labute approximate surface area is 154 Å². The van der Waals surface area contributed by atoms with Crippen LogP contribution in [0.5, 0.6) is 0 Å². The molecule has 134 valence electrons. The van der Waals surface area contributed by atoms with Crippen LogP contribution in [0.4, 0.5) is 0 Å². The molecule has 2 heterocycles. The van der Waals surface area contributed by atoms with E-state index < -0.39 is 0 Å². The highest BCUT2D eigenvalue weighted by atomic mass is 16.2. The average molecular weight is 359 g/mol. The lowest BCUT2D eigenvalue weighted by atomic mass is 10.2. The van der Waals surface area contributed by atoms with Gasteiger partial charge in [-0.2, -0.15) is 5.10 Å². The highest BCUT2D eigenvalue weighted by Crippen LogP contribution is 2.12. The highest BCUT2D eigenvalue weighted by molar-refractivity contribution is 5.94. The number of hydrogen-bond acceptors (Lipinski definition) is 4.